The average Bonchev–Trinajstić information content (AvgIpc) is 2.95. The minimum absolute atomic E-state index is 0.137. The minimum atomic E-state index is -1.08. The van der Waals surface area contributed by atoms with Crippen molar-refractivity contribution in [3.63, 3.8) is 0 Å². The van der Waals surface area contributed by atoms with Crippen LogP contribution in [0.5, 0.6) is 0 Å². The van der Waals surface area contributed by atoms with Gasteiger partial charge in [-0.05, 0) is 67.1 Å². The number of H-pyrrole nitrogens is 1. The van der Waals surface area contributed by atoms with E-state index in [-0.39, 0.29) is 17.5 Å². The Morgan fingerprint density at radius 1 is 1.10 bits per heavy atom. The van der Waals surface area contributed by atoms with Gasteiger partial charge in [-0.3, -0.25) is 4.79 Å². The van der Waals surface area contributed by atoms with Gasteiger partial charge in [0, 0.05) is 24.0 Å². The molecular weight excluding hydrogens is 374 g/mol. The molecule has 3 aromatic rings. The second-order valence-corrected chi connectivity index (χ2v) is 7.71. The number of halogens is 2. The number of nitrogens with one attached hydrogen (secondary N) is 1. The minimum Gasteiger partial charge on any atom is -0.385 e. The van der Waals surface area contributed by atoms with Gasteiger partial charge < -0.3 is 15.0 Å². The summed E-state index contributed by atoms with van der Waals surface area (Å²) in [5.41, 5.74) is 1.62. The van der Waals surface area contributed by atoms with E-state index in [1.807, 2.05) is 6.92 Å². The summed E-state index contributed by atoms with van der Waals surface area (Å²) in [6, 6.07) is 10.4. The number of aryl methyl sites for hydroxylation is 1. The number of amides is 1. The zero-order valence-electron chi connectivity index (χ0n) is 16.3. The molecule has 1 amide bonds. The van der Waals surface area contributed by atoms with E-state index in [0.29, 0.717) is 50.0 Å². The highest BCUT2D eigenvalue weighted by Gasteiger charge is 2.34. The molecule has 2 N–H and O–H groups in total. The number of carbonyl (C=O) groups excluding carboxylic acids is 1. The number of nitrogens with zero attached hydrogens (tertiary/aromatic N) is 1. The van der Waals surface area contributed by atoms with Crippen molar-refractivity contribution >= 4 is 16.8 Å². The monoisotopic (exact) mass is 398 g/mol. The topological polar surface area (TPSA) is 56.3 Å². The molecule has 0 saturated carbocycles. The van der Waals surface area contributed by atoms with Crippen LogP contribution in [0, 0.1) is 11.6 Å². The molecule has 0 aliphatic carbocycles. The number of aromatic amines is 1. The summed E-state index contributed by atoms with van der Waals surface area (Å²) in [5.74, 6) is -0.809. The first-order chi connectivity index (χ1) is 13.9. The molecule has 2 aromatic carbocycles. The predicted molar refractivity (Wildman–Crippen MR) is 108 cm³/mol. The van der Waals surface area contributed by atoms with Crippen LogP contribution in [0.1, 0.15) is 47.8 Å². The molecule has 1 fully saturated rings. The van der Waals surface area contributed by atoms with Gasteiger partial charge in [-0.25, -0.2) is 8.78 Å². The second kappa shape index (κ2) is 7.59. The standard InChI is InChI=1S/C23H24F2N2O2/c1-2-18-19-14-17(25)8-9-20(19)26-21(18)22(28)27-12-3-10-23(29,11-13-27)15-4-6-16(24)7-5-15/h4-9,14,26,29H,2-3,10-13H2,1H3. The lowest BCUT2D eigenvalue weighted by molar-refractivity contribution is 0.0212. The summed E-state index contributed by atoms with van der Waals surface area (Å²) in [5, 5.41) is 11.8. The molecule has 29 heavy (non-hydrogen) atoms. The van der Waals surface area contributed by atoms with E-state index < -0.39 is 5.60 Å². The van der Waals surface area contributed by atoms with Crippen molar-refractivity contribution < 1.29 is 18.7 Å². The normalized spacial score (nSPS) is 20.1. The van der Waals surface area contributed by atoms with Crippen LogP contribution in [0.25, 0.3) is 10.9 Å². The molecule has 1 unspecified atom stereocenters. The Balaban J connectivity index is 1.59. The second-order valence-electron chi connectivity index (χ2n) is 7.71. The quantitative estimate of drug-likeness (QED) is 0.681. The molecule has 2 heterocycles. The van der Waals surface area contributed by atoms with Gasteiger partial charge in [-0.15, -0.1) is 0 Å². The molecule has 0 radical (unpaired) electrons. The van der Waals surface area contributed by atoms with Crippen molar-refractivity contribution in [3.8, 4) is 0 Å². The van der Waals surface area contributed by atoms with Gasteiger partial charge in [-0.2, -0.15) is 0 Å². The first kappa shape index (κ1) is 19.6. The van der Waals surface area contributed by atoms with Crippen LogP contribution in [-0.4, -0.2) is 34.0 Å². The van der Waals surface area contributed by atoms with Crippen molar-refractivity contribution in [2.24, 2.45) is 0 Å². The van der Waals surface area contributed by atoms with Crippen molar-refractivity contribution in [1.82, 2.24) is 9.88 Å². The Bertz CT molecular complexity index is 1040. The molecular formula is C23H24F2N2O2. The number of hydrogen-bond acceptors (Lipinski definition) is 2. The lowest BCUT2D eigenvalue weighted by atomic mass is 9.87. The zero-order chi connectivity index (χ0) is 20.6. The molecule has 152 valence electrons. The highest BCUT2D eigenvalue weighted by Crippen LogP contribution is 2.34. The first-order valence-electron chi connectivity index (χ1n) is 9.99. The van der Waals surface area contributed by atoms with Crippen LogP contribution in [0.4, 0.5) is 8.78 Å². The Hall–Kier alpha value is -2.73. The highest BCUT2D eigenvalue weighted by atomic mass is 19.1. The molecule has 1 atom stereocenters. The van der Waals surface area contributed by atoms with Crippen molar-refractivity contribution in [2.75, 3.05) is 13.1 Å². The number of benzene rings is 2. The van der Waals surface area contributed by atoms with Gasteiger partial charge in [0.2, 0.25) is 0 Å². The summed E-state index contributed by atoms with van der Waals surface area (Å²) >= 11 is 0. The van der Waals surface area contributed by atoms with Crippen LogP contribution in [0.3, 0.4) is 0 Å². The largest absolute Gasteiger partial charge is 0.385 e. The predicted octanol–water partition coefficient (Wildman–Crippen LogP) is 4.52. The molecule has 1 aliphatic heterocycles. The summed E-state index contributed by atoms with van der Waals surface area (Å²) in [7, 11) is 0. The Morgan fingerprint density at radius 2 is 1.83 bits per heavy atom. The maximum Gasteiger partial charge on any atom is 0.270 e. The van der Waals surface area contributed by atoms with Crippen LogP contribution in [0.2, 0.25) is 0 Å². The van der Waals surface area contributed by atoms with Crippen LogP contribution in [0.15, 0.2) is 42.5 Å². The summed E-state index contributed by atoms with van der Waals surface area (Å²) in [6.45, 7) is 2.86. The number of hydrogen-bond donors (Lipinski definition) is 2. The molecule has 0 bridgehead atoms. The van der Waals surface area contributed by atoms with E-state index in [1.165, 1.54) is 24.3 Å². The smallest absolute Gasteiger partial charge is 0.270 e. The molecule has 0 spiro atoms. The molecule has 4 rings (SSSR count). The Labute approximate surface area is 168 Å². The lowest BCUT2D eigenvalue weighted by Crippen LogP contribution is -2.34. The SMILES string of the molecule is CCc1c(C(=O)N2CCCC(O)(c3ccc(F)cc3)CC2)[nH]c2ccc(F)cc12. The molecule has 1 aliphatic rings. The highest BCUT2D eigenvalue weighted by molar-refractivity contribution is 6.01. The number of aromatic nitrogens is 1. The fraction of sp³-hybridized carbons (Fsp3) is 0.348. The van der Waals surface area contributed by atoms with Crippen LogP contribution >= 0.6 is 0 Å². The summed E-state index contributed by atoms with van der Waals surface area (Å²) in [4.78, 5) is 18.1. The number of aliphatic hydroxyl groups is 1. The van der Waals surface area contributed by atoms with Gasteiger partial charge in [0.25, 0.3) is 5.91 Å². The Kier molecular flexibility index (Phi) is 5.13. The van der Waals surface area contributed by atoms with Gasteiger partial charge in [-0.1, -0.05) is 19.1 Å². The average molecular weight is 398 g/mol. The van der Waals surface area contributed by atoms with Crippen molar-refractivity contribution in [1.29, 1.82) is 0 Å². The zero-order valence-corrected chi connectivity index (χ0v) is 16.3. The Morgan fingerprint density at radius 3 is 2.55 bits per heavy atom. The van der Waals surface area contributed by atoms with Crippen LogP contribution < -0.4 is 0 Å². The fourth-order valence-electron chi connectivity index (χ4n) is 4.30. The maximum absolute atomic E-state index is 13.7. The first-order valence-corrected chi connectivity index (χ1v) is 9.99. The van der Waals surface area contributed by atoms with Crippen molar-refractivity contribution in [3.05, 3.63) is 70.9 Å². The third kappa shape index (κ3) is 3.65. The van der Waals surface area contributed by atoms with E-state index in [2.05, 4.69) is 4.98 Å². The lowest BCUT2D eigenvalue weighted by Gasteiger charge is -2.27. The van der Waals surface area contributed by atoms with E-state index in [9.17, 15) is 18.7 Å². The van der Waals surface area contributed by atoms with Gasteiger partial charge in [0.1, 0.15) is 17.3 Å². The van der Waals surface area contributed by atoms with Crippen molar-refractivity contribution in [2.45, 2.75) is 38.2 Å². The molecule has 4 nitrogen and oxygen atoms in total. The molecule has 1 aromatic heterocycles. The number of likely N-dealkylation sites (tertiary alicyclic amines) is 1. The third-order valence-corrected chi connectivity index (χ3v) is 5.92. The summed E-state index contributed by atoms with van der Waals surface area (Å²) in [6.07, 6.45) is 2.12. The maximum atomic E-state index is 13.7. The van der Waals surface area contributed by atoms with Gasteiger partial charge in [0.15, 0.2) is 0 Å². The fourth-order valence-corrected chi connectivity index (χ4v) is 4.30. The number of rotatable bonds is 3. The van der Waals surface area contributed by atoms with Gasteiger partial charge in [0.05, 0.1) is 5.60 Å². The van der Waals surface area contributed by atoms with Gasteiger partial charge >= 0.3 is 0 Å². The van der Waals surface area contributed by atoms with Crippen LogP contribution in [-0.2, 0) is 12.0 Å². The third-order valence-electron chi connectivity index (χ3n) is 5.92. The van der Waals surface area contributed by atoms with E-state index in [4.69, 9.17) is 0 Å². The van der Waals surface area contributed by atoms with E-state index in [1.54, 1.807) is 23.1 Å². The summed E-state index contributed by atoms with van der Waals surface area (Å²) < 4.78 is 26.9. The van der Waals surface area contributed by atoms with E-state index in [0.717, 1.165) is 16.5 Å². The van der Waals surface area contributed by atoms with E-state index >= 15 is 0 Å². The number of fused-ring (bicyclic) bond motifs is 1. The molecule has 1 saturated heterocycles. The number of carbonyl (C=O) groups is 1. The molecule has 6 heteroatoms.